The quantitative estimate of drug-likeness (QED) is 0.717. The number of hydrogen-bond acceptors (Lipinski definition) is 2. The number of nitrogens with zero attached hydrogens (tertiary/aromatic N) is 2. The molecule has 0 radical (unpaired) electrons. The first-order chi connectivity index (χ1) is 14.6. The molecule has 2 aliphatic rings. The lowest BCUT2D eigenvalue weighted by Gasteiger charge is -2.41. The predicted molar refractivity (Wildman–Crippen MR) is 118 cm³/mol. The molecular weight excluding hydrogens is 372 g/mol. The zero-order chi connectivity index (χ0) is 20.9. The van der Waals surface area contributed by atoms with Crippen molar-refractivity contribution in [3.8, 4) is 0 Å². The van der Waals surface area contributed by atoms with Crippen molar-refractivity contribution in [3.05, 3.63) is 71.8 Å². The zero-order valence-corrected chi connectivity index (χ0v) is 17.9. The van der Waals surface area contributed by atoms with Crippen molar-refractivity contribution in [3.63, 3.8) is 0 Å². The molecule has 30 heavy (non-hydrogen) atoms. The van der Waals surface area contributed by atoms with Crippen molar-refractivity contribution < 1.29 is 9.59 Å². The zero-order valence-electron chi connectivity index (χ0n) is 17.9. The molecule has 0 bridgehead atoms. The van der Waals surface area contributed by atoms with Crippen LogP contribution in [0.3, 0.4) is 0 Å². The average molecular weight is 405 g/mol. The molecule has 1 saturated carbocycles. The number of piperidine rings is 1. The maximum absolute atomic E-state index is 13.4. The molecule has 1 aliphatic carbocycles. The van der Waals surface area contributed by atoms with E-state index >= 15 is 0 Å². The number of amides is 2. The fourth-order valence-corrected chi connectivity index (χ4v) is 5.09. The van der Waals surface area contributed by atoms with Crippen LogP contribution in [-0.2, 0) is 16.1 Å². The largest absolute Gasteiger partial charge is 0.341 e. The van der Waals surface area contributed by atoms with Crippen LogP contribution >= 0.6 is 0 Å². The SMILES string of the molecule is CN(Cc1ccccc1)C(=O)C1CCC(c2ccccc2)N(C(=O)C2CCCC2)C1. The van der Waals surface area contributed by atoms with E-state index in [1.807, 2.05) is 65.4 Å². The van der Waals surface area contributed by atoms with Gasteiger partial charge in [0.05, 0.1) is 12.0 Å². The Kier molecular flexibility index (Phi) is 6.51. The van der Waals surface area contributed by atoms with Crippen LogP contribution in [0.15, 0.2) is 60.7 Å². The molecule has 1 heterocycles. The molecule has 1 aliphatic heterocycles. The lowest BCUT2D eigenvalue weighted by molar-refractivity contribution is -0.145. The highest BCUT2D eigenvalue weighted by atomic mass is 16.2. The van der Waals surface area contributed by atoms with Gasteiger partial charge in [0.2, 0.25) is 11.8 Å². The summed E-state index contributed by atoms with van der Waals surface area (Å²) in [5.74, 6) is 0.412. The van der Waals surface area contributed by atoms with Crippen LogP contribution in [0.5, 0.6) is 0 Å². The van der Waals surface area contributed by atoms with Crippen LogP contribution < -0.4 is 0 Å². The topological polar surface area (TPSA) is 40.6 Å². The molecule has 2 aromatic carbocycles. The van der Waals surface area contributed by atoms with E-state index in [4.69, 9.17) is 0 Å². The van der Waals surface area contributed by atoms with E-state index in [0.717, 1.165) is 44.1 Å². The molecule has 4 heteroatoms. The molecule has 2 amide bonds. The summed E-state index contributed by atoms with van der Waals surface area (Å²) in [5.41, 5.74) is 2.32. The molecule has 4 rings (SSSR count). The molecule has 2 unspecified atom stereocenters. The number of benzene rings is 2. The van der Waals surface area contributed by atoms with Crippen LogP contribution in [0.4, 0.5) is 0 Å². The van der Waals surface area contributed by atoms with Gasteiger partial charge in [0, 0.05) is 26.1 Å². The van der Waals surface area contributed by atoms with Gasteiger partial charge >= 0.3 is 0 Å². The van der Waals surface area contributed by atoms with E-state index < -0.39 is 0 Å². The van der Waals surface area contributed by atoms with Gasteiger partial charge < -0.3 is 9.80 Å². The molecule has 1 saturated heterocycles. The van der Waals surface area contributed by atoms with Gasteiger partial charge in [0.25, 0.3) is 0 Å². The standard InChI is InChI=1S/C26H32N2O2/c1-27(18-20-10-4-2-5-11-20)25(29)23-16-17-24(21-12-6-3-7-13-21)28(19-23)26(30)22-14-8-9-15-22/h2-7,10-13,22-24H,8-9,14-19H2,1H3. The molecule has 2 fully saturated rings. The van der Waals surface area contributed by atoms with Crippen molar-refractivity contribution >= 4 is 11.8 Å². The highest BCUT2D eigenvalue weighted by Gasteiger charge is 2.39. The molecule has 0 spiro atoms. The van der Waals surface area contributed by atoms with Gasteiger partial charge in [-0.2, -0.15) is 0 Å². The minimum atomic E-state index is -0.121. The van der Waals surface area contributed by atoms with Crippen molar-refractivity contribution in [2.24, 2.45) is 11.8 Å². The highest BCUT2D eigenvalue weighted by Crippen LogP contribution is 2.37. The average Bonchev–Trinajstić information content (AvgIpc) is 3.34. The van der Waals surface area contributed by atoms with Crippen molar-refractivity contribution in [1.82, 2.24) is 9.80 Å². The molecule has 158 valence electrons. The maximum atomic E-state index is 13.4. The Hall–Kier alpha value is -2.62. The predicted octanol–water partition coefficient (Wildman–Crippen LogP) is 4.82. The minimum Gasteiger partial charge on any atom is -0.341 e. The second kappa shape index (κ2) is 9.46. The van der Waals surface area contributed by atoms with Crippen molar-refractivity contribution in [2.75, 3.05) is 13.6 Å². The summed E-state index contributed by atoms with van der Waals surface area (Å²) in [7, 11) is 1.88. The van der Waals surface area contributed by atoms with Gasteiger partial charge in [0.1, 0.15) is 0 Å². The van der Waals surface area contributed by atoms with Crippen LogP contribution in [0.25, 0.3) is 0 Å². The van der Waals surface area contributed by atoms with Gasteiger partial charge in [-0.25, -0.2) is 0 Å². The van der Waals surface area contributed by atoms with Crippen LogP contribution in [0.2, 0.25) is 0 Å². The van der Waals surface area contributed by atoms with E-state index in [2.05, 4.69) is 12.1 Å². The Bertz CT molecular complexity index is 846. The van der Waals surface area contributed by atoms with Gasteiger partial charge in [-0.05, 0) is 36.8 Å². The first-order valence-corrected chi connectivity index (χ1v) is 11.3. The lowest BCUT2D eigenvalue weighted by atomic mass is 9.87. The fourth-order valence-electron chi connectivity index (χ4n) is 5.09. The summed E-state index contributed by atoms with van der Waals surface area (Å²) in [4.78, 5) is 30.5. The molecule has 2 aromatic rings. The third kappa shape index (κ3) is 4.58. The third-order valence-electron chi connectivity index (χ3n) is 6.74. The van der Waals surface area contributed by atoms with Crippen molar-refractivity contribution in [1.29, 1.82) is 0 Å². The minimum absolute atomic E-state index is 0.0859. The van der Waals surface area contributed by atoms with Gasteiger partial charge in [0.15, 0.2) is 0 Å². The first-order valence-electron chi connectivity index (χ1n) is 11.3. The summed E-state index contributed by atoms with van der Waals surface area (Å²) in [6.07, 6.45) is 5.93. The Morgan fingerprint density at radius 1 is 0.867 bits per heavy atom. The number of carbonyl (C=O) groups is 2. The van der Waals surface area contributed by atoms with Gasteiger partial charge in [-0.1, -0.05) is 73.5 Å². The van der Waals surface area contributed by atoms with Gasteiger partial charge in [-0.3, -0.25) is 9.59 Å². The lowest BCUT2D eigenvalue weighted by Crippen LogP contribution is -2.48. The van der Waals surface area contributed by atoms with E-state index in [9.17, 15) is 9.59 Å². The maximum Gasteiger partial charge on any atom is 0.227 e. The summed E-state index contributed by atoms with van der Waals surface area (Å²) in [6, 6.07) is 20.5. The Balaban J connectivity index is 1.49. The smallest absolute Gasteiger partial charge is 0.227 e. The van der Waals surface area contributed by atoms with Crippen LogP contribution in [0.1, 0.15) is 55.7 Å². The Morgan fingerprint density at radius 2 is 1.50 bits per heavy atom. The normalized spacial score (nSPS) is 22.1. The van der Waals surface area contributed by atoms with E-state index in [1.54, 1.807) is 0 Å². The molecular formula is C26H32N2O2. The third-order valence-corrected chi connectivity index (χ3v) is 6.74. The summed E-state index contributed by atoms with van der Waals surface area (Å²) in [6.45, 7) is 1.14. The monoisotopic (exact) mass is 404 g/mol. The fraction of sp³-hybridized carbons (Fsp3) is 0.462. The van der Waals surface area contributed by atoms with E-state index in [1.165, 1.54) is 5.56 Å². The summed E-state index contributed by atoms with van der Waals surface area (Å²) >= 11 is 0. The molecule has 0 aromatic heterocycles. The van der Waals surface area contributed by atoms with Crippen LogP contribution in [-0.4, -0.2) is 35.2 Å². The Morgan fingerprint density at radius 3 is 2.17 bits per heavy atom. The summed E-state index contributed by atoms with van der Waals surface area (Å²) in [5, 5.41) is 0. The van der Waals surface area contributed by atoms with E-state index in [-0.39, 0.29) is 29.7 Å². The first kappa shape index (κ1) is 20.6. The number of rotatable bonds is 5. The Labute approximate surface area is 179 Å². The van der Waals surface area contributed by atoms with E-state index in [0.29, 0.717) is 13.1 Å². The number of carbonyl (C=O) groups excluding carboxylic acids is 2. The second-order valence-electron chi connectivity index (χ2n) is 8.85. The number of likely N-dealkylation sites (tertiary alicyclic amines) is 1. The molecule has 0 N–H and O–H groups in total. The highest BCUT2D eigenvalue weighted by molar-refractivity contribution is 5.83. The van der Waals surface area contributed by atoms with Gasteiger partial charge in [-0.15, -0.1) is 0 Å². The molecule has 2 atom stereocenters. The summed E-state index contributed by atoms with van der Waals surface area (Å²) < 4.78 is 0. The second-order valence-corrected chi connectivity index (χ2v) is 8.85. The van der Waals surface area contributed by atoms with Crippen molar-refractivity contribution in [2.45, 2.75) is 51.1 Å². The molecule has 4 nitrogen and oxygen atoms in total. The number of hydrogen-bond donors (Lipinski definition) is 0. The van der Waals surface area contributed by atoms with Crippen LogP contribution in [0, 0.1) is 11.8 Å².